The molecule has 7 heteroatoms. The van der Waals surface area contributed by atoms with Gasteiger partial charge < -0.3 is 15.7 Å². The molecule has 1 heterocycles. The number of hydrogen-bond acceptors (Lipinski definition) is 3. The lowest BCUT2D eigenvalue weighted by atomic mass is 10.2. The zero-order valence-electron chi connectivity index (χ0n) is 8.69. The fourth-order valence-electron chi connectivity index (χ4n) is 1.10. The van der Waals surface area contributed by atoms with Crippen molar-refractivity contribution in [3.05, 3.63) is 12.4 Å². The lowest BCUT2D eigenvalue weighted by Gasteiger charge is -2.04. The predicted molar refractivity (Wildman–Crippen MR) is 57.1 cm³/mol. The summed E-state index contributed by atoms with van der Waals surface area (Å²) in [6, 6.07) is -0.322. The van der Waals surface area contributed by atoms with Crippen molar-refractivity contribution in [1.29, 1.82) is 0 Å². The van der Waals surface area contributed by atoms with Gasteiger partial charge in [-0.1, -0.05) is 0 Å². The number of unbranched alkanes of at least 4 members (excludes halogenated alkanes) is 1. The number of urea groups is 1. The summed E-state index contributed by atoms with van der Waals surface area (Å²) in [5.41, 5.74) is 0.586. The van der Waals surface area contributed by atoms with Gasteiger partial charge in [-0.25, -0.2) is 4.79 Å². The van der Waals surface area contributed by atoms with E-state index >= 15 is 0 Å². The Kier molecular flexibility index (Phi) is 4.84. The van der Waals surface area contributed by atoms with Crippen LogP contribution in [0.3, 0.4) is 0 Å². The zero-order valence-corrected chi connectivity index (χ0v) is 8.69. The number of carbonyl (C=O) groups excluding carboxylic acids is 1. The highest BCUT2D eigenvalue weighted by Crippen LogP contribution is 2.00. The van der Waals surface area contributed by atoms with Crippen LogP contribution in [0, 0.1) is 0 Å². The third-order valence-electron chi connectivity index (χ3n) is 1.86. The van der Waals surface area contributed by atoms with E-state index in [0.717, 1.165) is 0 Å². The van der Waals surface area contributed by atoms with E-state index in [0.29, 0.717) is 25.1 Å². The lowest BCUT2D eigenvalue weighted by molar-refractivity contribution is -0.137. The zero-order chi connectivity index (χ0) is 11.8. The van der Waals surface area contributed by atoms with Crippen molar-refractivity contribution in [1.82, 2.24) is 15.5 Å². The molecule has 0 aromatic carbocycles. The van der Waals surface area contributed by atoms with Gasteiger partial charge in [-0.3, -0.25) is 9.89 Å². The molecule has 2 amide bonds. The second kappa shape index (κ2) is 6.44. The Morgan fingerprint density at radius 3 is 2.88 bits per heavy atom. The van der Waals surface area contributed by atoms with Crippen LogP contribution in [-0.4, -0.2) is 33.8 Å². The van der Waals surface area contributed by atoms with Gasteiger partial charge in [-0.2, -0.15) is 5.10 Å². The van der Waals surface area contributed by atoms with E-state index in [4.69, 9.17) is 5.11 Å². The predicted octanol–water partition coefficient (Wildman–Crippen LogP) is 0.786. The number of nitrogens with zero attached hydrogens (tertiary/aromatic N) is 1. The quantitative estimate of drug-likeness (QED) is 0.538. The second-order valence-electron chi connectivity index (χ2n) is 3.22. The summed E-state index contributed by atoms with van der Waals surface area (Å²) in [6.45, 7) is 0.455. The van der Waals surface area contributed by atoms with Gasteiger partial charge >= 0.3 is 12.0 Å². The average molecular weight is 226 g/mol. The van der Waals surface area contributed by atoms with Gasteiger partial charge in [0.15, 0.2) is 0 Å². The fourth-order valence-corrected chi connectivity index (χ4v) is 1.10. The van der Waals surface area contributed by atoms with Gasteiger partial charge in [0.05, 0.1) is 11.9 Å². The van der Waals surface area contributed by atoms with E-state index in [-0.39, 0.29) is 12.5 Å². The molecule has 4 N–H and O–H groups in total. The van der Waals surface area contributed by atoms with Crippen LogP contribution in [0.25, 0.3) is 0 Å². The first kappa shape index (κ1) is 12.0. The van der Waals surface area contributed by atoms with Crippen LogP contribution >= 0.6 is 0 Å². The maximum atomic E-state index is 11.2. The van der Waals surface area contributed by atoms with Gasteiger partial charge in [-0.15, -0.1) is 0 Å². The molecule has 1 aromatic rings. The molecule has 0 aliphatic carbocycles. The number of carboxylic acids is 1. The number of anilines is 1. The van der Waals surface area contributed by atoms with Gasteiger partial charge in [0, 0.05) is 19.2 Å². The number of carbonyl (C=O) groups is 2. The molecule has 16 heavy (non-hydrogen) atoms. The van der Waals surface area contributed by atoms with Crippen molar-refractivity contribution in [3.63, 3.8) is 0 Å². The number of amides is 2. The van der Waals surface area contributed by atoms with Crippen LogP contribution < -0.4 is 10.6 Å². The minimum Gasteiger partial charge on any atom is -0.481 e. The Balaban J connectivity index is 2.05. The first-order valence-electron chi connectivity index (χ1n) is 4.94. The van der Waals surface area contributed by atoms with Crippen molar-refractivity contribution >= 4 is 17.7 Å². The van der Waals surface area contributed by atoms with Crippen LogP contribution in [0.5, 0.6) is 0 Å². The highest BCUT2D eigenvalue weighted by molar-refractivity contribution is 5.88. The highest BCUT2D eigenvalue weighted by atomic mass is 16.4. The van der Waals surface area contributed by atoms with Crippen molar-refractivity contribution in [3.8, 4) is 0 Å². The summed E-state index contributed by atoms with van der Waals surface area (Å²) in [7, 11) is 0. The summed E-state index contributed by atoms with van der Waals surface area (Å²) in [5.74, 6) is -0.817. The summed E-state index contributed by atoms with van der Waals surface area (Å²) >= 11 is 0. The third-order valence-corrected chi connectivity index (χ3v) is 1.86. The van der Waals surface area contributed by atoms with Crippen LogP contribution in [-0.2, 0) is 4.79 Å². The molecule has 0 radical (unpaired) electrons. The average Bonchev–Trinajstić information content (AvgIpc) is 2.69. The van der Waals surface area contributed by atoms with Gasteiger partial charge in [0.2, 0.25) is 0 Å². The highest BCUT2D eigenvalue weighted by Gasteiger charge is 2.01. The minimum atomic E-state index is -0.817. The third kappa shape index (κ3) is 4.99. The Morgan fingerprint density at radius 1 is 1.44 bits per heavy atom. The van der Waals surface area contributed by atoms with Crippen molar-refractivity contribution in [2.75, 3.05) is 11.9 Å². The summed E-state index contributed by atoms with van der Waals surface area (Å²) < 4.78 is 0. The molecule has 0 aliphatic rings. The molecule has 0 bridgehead atoms. The van der Waals surface area contributed by atoms with Crippen molar-refractivity contribution < 1.29 is 14.7 Å². The summed E-state index contributed by atoms with van der Waals surface area (Å²) in [5, 5.41) is 19.8. The monoisotopic (exact) mass is 226 g/mol. The second-order valence-corrected chi connectivity index (χ2v) is 3.22. The Morgan fingerprint density at radius 2 is 2.25 bits per heavy atom. The van der Waals surface area contributed by atoms with Crippen molar-refractivity contribution in [2.24, 2.45) is 0 Å². The van der Waals surface area contributed by atoms with E-state index in [1.165, 1.54) is 6.20 Å². The SMILES string of the molecule is O=C(O)CCCCNC(=O)Nc1cn[nH]c1. The van der Waals surface area contributed by atoms with Crippen LogP contribution in [0.15, 0.2) is 12.4 Å². The van der Waals surface area contributed by atoms with Gasteiger partial charge in [0.25, 0.3) is 0 Å². The first-order valence-corrected chi connectivity index (χ1v) is 4.94. The molecular weight excluding hydrogens is 212 g/mol. The maximum Gasteiger partial charge on any atom is 0.319 e. The number of H-pyrrole nitrogens is 1. The largest absolute Gasteiger partial charge is 0.481 e. The van der Waals surface area contributed by atoms with Crippen molar-refractivity contribution in [2.45, 2.75) is 19.3 Å². The normalized spacial score (nSPS) is 9.75. The number of carboxylic acid groups (broad SMARTS) is 1. The molecule has 0 fully saturated rings. The molecule has 0 saturated carbocycles. The van der Waals surface area contributed by atoms with Crippen LogP contribution in [0.2, 0.25) is 0 Å². The first-order chi connectivity index (χ1) is 7.68. The molecule has 0 unspecified atom stereocenters. The Labute approximate surface area is 92.2 Å². The van der Waals surface area contributed by atoms with E-state index < -0.39 is 5.97 Å². The molecule has 1 rings (SSSR count). The molecule has 7 nitrogen and oxygen atoms in total. The van der Waals surface area contributed by atoms with E-state index in [1.807, 2.05) is 0 Å². The lowest BCUT2D eigenvalue weighted by Crippen LogP contribution is -2.29. The van der Waals surface area contributed by atoms with Gasteiger partial charge in [-0.05, 0) is 12.8 Å². The Bertz CT molecular complexity index is 337. The van der Waals surface area contributed by atoms with E-state index in [1.54, 1.807) is 6.20 Å². The molecular formula is C9H14N4O3. The minimum absolute atomic E-state index is 0.130. The van der Waals surface area contributed by atoms with E-state index in [9.17, 15) is 9.59 Å². The van der Waals surface area contributed by atoms with Gasteiger partial charge in [0.1, 0.15) is 0 Å². The number of aromatic amines is 1. The fraction of sp³-hybridized carbons (Fsp3) is 0.444. The van der Waals surface area contributed by atoms with Crippen LogP contribution in [0.4, 0.5) is 10.5 Å². The number of hydrogen-bond donors (Lipinski definition) is 4. The Hall–Kier alpha value is -2.05. The molecule has 0 atom stereocenters. The molecule has 1 aromatic heterocycles. The smallest absolute Gasteiger partial charge is 0.319 e. The summed E-state index contributed by atoms with van der Waals surface area (Å²) in [4.78, 5) is 21.4. The van der Waals surface area contributed by atoms with E-state index in [2.05, 4.69) is 20.8 Å². The molecule has 0 aliphatic heterocycles. The number of nitrogens with one attached hydrogen (secondary N) is 3. The molecule has 0 spiro atoms. The summed E-state index contributed by atoms with van der Waals surface area (Å²) in [6.07, 6.45) is 4.38. The topological polar surface area (TPSA) is 107 Å². The number of rotatable bonds is 6. The number of aliphatic carboxylic acids is 1. The molecule has 88 valence electrons. The molecule has 0 saturated heterocycles. The number of aromatic nitrogens is 2. The van der Waals surface area contributed by atoms with Crippen LogP contribution in [0.1, 0.15) is 19.3 Å². The standard InChI is InChI=1S/C9H14N4O3/c14-8(15)3-1-2-4-10-9(16)13-7-5-11-12-6-7/h5-6H,1-4H2,(H,11,12)(H,14,15)(H2,10,13,16). The maximum absolute atomic E-state index is 11.2.